The van der Waals surface area contributed by atoms with Crippen molar-refractivity contribution < 1.29 is 4.79 Å². The lowest BCUT2D eigenvalue weighted by Crippen LogP contribution is -2.45. The minimum absolute atomic E-state index is 0.0189. The number of likely N-dealkylation sites (tertiary alicyclic amines) is 1. The molecule has 1 fully saturated rings. The van der Waals surface area contributed by atoms with E-state index in [1.807, 2.05) is 0 Å². The Morgan fingerprint density at radius 1 is 1.28 bits per heavy atom. The van der Waals surface area contributed by atoms with Crippen molar-refractivity contribution in [3.8, 4) is 0 Å². The number of nitrogens with zero attached hydrogens (tertiary/aromatic N) is 2. The minimum Gasteiger partial charge on any atom is -0.337 e. The van der Waals surface area contributed by atoms with Crippen molar-refractivity contribution in [2.75, 3.05) is 46.8 Å². The van der Waals surface area contributed by atoms with Crippen LogP contribution >= 0.6 is 0 Å². The van der Waals surface area contributed by atoms with Gasteiger partial charge >= 0.3 is 6.03 Å². The van der Waals surface area contributed by atoms with Gasteiger partial charge in [-0.15, -0.1) is 0 Å². The van der Waals surface area contributed by atoms with Crippen LogP contribution in [0.2, 0.25) is 0 Å². The number of nitrogens with one attached hydrogen (secondary N) is 2. The minimum atomic E-state index is -0.0189. The third-order valence-electron chi connectivity index (χ3n) is 3.37. The van der Waals surface area contributed by atoms with E-state index in [4.69, 9.17) is 0 Å². The van der Waals surface area contributed by atoms with E-state index in [1.165, 1.54) is 38.9 Å². The second kappa shape index (κ2) is 8.32. The average molecular weight is 256 g/mol. The number of carbonyl (C=O) groups excluding carboxylic acids is 1. The van der Waals surface area contributed by atoms with Gasteiger partial charge < -0.3 is 20.4 Å². The maximum Gasteiger partial charge on any atom is 0.316 e. The van der Waals surface area contributed by atoms with E-state index in [0.29, 0.717) is 12.6 Å². The van der Waals surface area contributed by atoms with E-state index in [-0.39, 0.29) is 6.03 Å². The first-order valence-electron chi connectivity index (χ1n) is 7.04. The van der Waals surface area contributed by atoms with Gasteiger partial charge in [0.1, 0.15) is 0 Å². The predicted octanol–water partition coefficient (Wildman–Crippen LogP) is 0.722. The van der Waals surface area contributed by atoms with E-state index < -0.39 is 0 Å². The zero-order valence-electron chi connectivity index (χ0n) is 12.0. The molecule has 0 radical (unpaired) electrons. The molecule has 0 aromatic heterocycles. The molecule has 1 saturated heterocycles. The predicted molar refractivity (Wildman–Crippen MR) is 74.8 cm³/mol. The van der Waals surface area contributed by atoms with Gasteiger partial charge in [-0.25, -0.2) is 4.79 Å². The number of amides is 2. The van der Waals surface area contributed by atoms with Crippen LogP contribution in [0.1, 0.15) is 26.2 Å². The summed E-state index contributed by atoms with van der Waals surface area (Å²) in [5.41, 5.74) is 0. The molecule has 0 spiro atoms. The Balaban J connectivity index is 2.02. The summed E-state index contributed by atoms with van der Waals surface area (Å²) in [4.78, 5) is 15.4. The molecule has 0 unspecified atom stereocenters. The van der Waals surface area contributed by atoms with Crippen molar-refractivity contribution in [1.82, 2.24) is 20.4 Å². The van der Waals surface area contributed by atoms with Gasteiger partial charge in [0, 0.05) is 33.2 Å². The first-order chi connectivity index (χ1) is 8.63. The summed E-state index contributed by atoms with van der Waals surface area (Å²) in [6.45, 7) is 7.43. The summed E-state index contributed by atoms with van der Waals surface area (Å²) in [5, 5.41) is 6.38. The summed E-state index contributed by atoms with van der Waals surface area (Å²) < 4.78 is 0. The molecule has 1 aliphatic heterocycles. The molecule has 5 nitrogen and oxygen atoms in total. The molecule has 0 aromatic carbocycles. The molecule has 1 rings (SSSR count). The highest BCUT2D eigenvalue weighted by Gasteiger charge is 2.17. The zero-order chi connectivity index (χ0) is 13.4. The Hall–Kier alpha value is -0.810. The second-order valence-electron chi connectivity index (χ2n) is 5.20. The van der Waals surface area contributed by atoms with Crippen LogP contribution < -0.4 is 10.6 Å². The zero-order valence-corrected chi connectivity index (χ0v) is 12.0. The molecular formula is C13H28N4O. The van der Waals surface area contributed by atoms with Crippen molar-refractivity contribution in [1.29, 1.82) is 0 Å². The van der Waals surface area contributed by atoms with Gasteiger partial charge in [-0.05, 0) is 38.9 Å². The first-order valence-corrected chi connectivity index (χ1v) is 7.04. The van der Waals surface area contributed by atoms with Crippen LogP contribution in [0.25, 0.3) is 0 Å². The molecule has 106 valence electrons. The molecular weight excluding hydrogens is 228 g/mol. The second-order valence-corrected chi connectivity index (χ2v) is 5.20. The van der Waals surface area contributed by atoms with Crippen molar-refractivity contribution in [2.45, 2.75) is 32.2 Å². The van der Waals surface area contributed by atoms with Crippen LogP contribution in [0.15, 0.2) is 0 Å². The normalized spacial score (nSPS) is 17.7. The maximum absolute atomic E-state index is 11.3. The Labute approximate surface area is 111 Å². The first kappa shape index (κ1) is 15.2. The highest BCUT2D eigenvalue weighted by molar-refractivity contribution is 5.73. The standard InChI is InChI=1S/C13H28N4O/c1-4-9-17-10-5-12(6-11-17)14-7-8-15-13(18)16(2)3/h12,14H,4-11H2,1-3H3,(H,15,18). The topological polar surface area (TPSA) is 47.6 Å². The fourth-order valence-electron chi connectivity index (χ4n) is 2.28. The Kier molecular flexibility index (Phi) is 7.05. The van der Waals surface area contributed by atoms with Crippen LogP contribution in [-0.2, 0) is 0 Å². The number of hydrogen-bond donors (Lipinski definition) is 2. The third kappa shape index (κ3) is 5.69. The molecule has 0 saturated carbocycles. The molecule has 0 atom stereocenters. The fraction of sp³-hybridized carbons (Fsp3) is 0.923. The Morgan fingerprint density at radius 3 is 2.50 bits per heavy atom. The van der Waals surface area contributed by atoms with Crippen LogP contribution in [0.5, 0.6) is 0 Å². The van der Waals surface area contributed by atoms with Gasteiger partial charge in [0.05, 0.1) is 0 Å². The number of carbonyl (C=O) groups is 1. The number of piperidine rings is 1. The molecule has 2 amide bonds. The van der Waals surface area contributed by atoms with Gasteiger partial charge in [-0.3, -0.25) is 0 Å². The molecule has 1 aliphatic rings. The summed E-state index contributed by atoms with van der Waals surface area (Å²) in [7, 11) is 3.51. The molecule has 0 aromatic rings. The van der Waals surface area contributed by atoms with Crippen molar-refractivity contribution in [2.24, 2.45) is 0 Å². The smallest absolute Gasteiger partial charge is 0.316 e. The maximum atomic E-state index is 11.3. The Bertz CT molecular complexity index is 237. The van der Waals surface area contributed by atoms with Crippen molar-refractivity contribution in [3.63, 3.8) is 0 Å². The van der Waals surface area contributed by atoms with Gasteiger partial charge in [0.25, 0.3) is 0 Å². The highest BCUT2D eigenvalue weighted by Crippen LogP contribution is 2.09. The quantitative estimate of drug-likeness (QED) is 0.689. The molecule has 0 bridgehead atoms. The molecule has 1 heterocycles. The third-order valence-corrected chi connectivity index (χ3v) is 3.37. The molecule has 18 heavy (non-hydrogen) atoms. The van der Waals surface area contributed by atoms with E-state index in [1.54, 1.807) is 19.0 Å². The SMILES string of the molecule is CCCN1CCC(NCCNC(=O)N(C)C)CC1. The lowest BCUT2D eigenvalue weighted by Gasteiger charge is -2.32. The van der Waals surface area contributed by atoms with Gasteiger partial charge in [-0.1, -0.05) is 6.92 Å². The van der Waals surface area contributed by atoms with Gasteiger partial charge in [-0.2, -0.15) is 0 Å². The lowest BCUT2D eigenvalue weighted by molar-refractivity contribution is 0.197. The summed E-state index contributed by atoms with van der Waals surface area (Å²) in [6.07, 6.45) is 3.69. The summed E-state index contributed by atoms with van der Waals surface area (Å²) >= 11 is 0. The largest absolute Gasteiger partial charge is 0.337 e. The number of rotatable bonds is 6. The van der Waals surface area contributed by atoms with Crippen molar-refractivity contribution in [3.05, 3.63) is 0 Å². The number of urea groups is 1. The van der Waals surface area contributed by atoms with Crippen LogP contribution in [0.3, 0.4) is 0 Å². The van der Waals surface area contributed by atoms with E-state index in [9.17, 15) is 4.79 Å². The fourth-order valence-corrected chi connectivity index (χ4v) is 2.28. The lowest BCUT2D eigenvalue weighted by atomic mass is 10.1. The molecule has 5 heteroatoms. The van der Waals surface area contributed by atoms with Crippen LogP contribution in [-0.4, -0.2) is 68.7 Å². The molecule has 2 N–H and O–H groups in total. The van der Waals surface area contributed by atoms with Crippen LogP contribution in [0.4, 0.5) is 4.79 Å². The average Bonchev–Trinajstić information content (AvgIpc) is 2.36. The summed E-state index contributed by atoms with van der Waals surface area (Å²) in [5.74, 6) is 0. The van der Waals surface area contributed by atoms with Crippen LogP contribution in [0, 0.1) is 0 Å². The Morgan fingerprint density at radius 2 is 1.94 bits per heavy atom. The van der Waals surface area contributed by atoms with E-state index in [0.717, 1.165) is 6.54 Å². The van der Waals surface area contributed by atoms with E-state index >= 15 is 0 Å². The monoisotopic (exact) mass is 256 g/mol. The summed E-state index contributed by atoms with van der Waals surface area (Å²) in [6, 6.07) is 0.601. The van der Waals surface area contributed by atoms with Crippen molar-refractivity contribution >= 4 is 6.03 Å². The van der Waals surface area contributed by atoms with E-state index in [2.05, 4.69) is 22.5 Å². The number of hydrogen-bond acceptors (Lipinski definition) is 3. The highest BCUT2D eigenvalue weighted by atomic mass is 16.2. The van der Waals surface area contributed by atoms with Gasteiger partial charge in [0.2, 0.25) is 0 Å². The molecule has 0 aliphatic carbocycles. The van der Waals surface area contributed by atoms with Gasteiger partial charge in [0.15, 0.2) is 0 Å².